The molecule has 5 nitrogen and oxygen atoms in total. The quantitative estimate of drug-likeness (QED) is 0.823. The predicted octanol–water partition coefficient (Wildman–Crippen LogP) is 0.597. The van der Waals surface area contributed by atoms with E-state index in [4.69, 9.17) is 5.73 Å². The van der Waals surface area contributed by atoms with Crippen molar-refractivity contribution in [1.29, 1.82) is 0 Å². The van der Waals surface area contributed by atoms with Crippen molar-refractivity contribution in [3.05, 3.63) is 11.8 Å². The molecule has 6 heteroatoms. The van der Waals surface area contributed by atoms with Crippen LogP contribution in [-0.4, -0.2) is 29.2 Å². The Labute approximate surface area is 90.2 Å². The standard InChI is InChI=1S/C9H17N3O2S/c1-7(2)15(13,14)5-4-12-8(3)6-9(10)11-12/h6-7H,4-5H2,1-3H3,(H2,10,11). The van der Waals surface area contributed by atoms with E-state index < -0.39 is 9.84 Å². The number of nitrogens with zero attached hydrogens (tertiary/aromatic N) is 2. The second kappa shape index (κ2) is 4.22. The molecule has 0 unspecified atom stereocenters. The number of sulfone groups is 1. The number of nitrogen functional groups attached to an aromatic ring is 1. The molecule has 15 heavy (non-hydrogen) atoms. The molecule has 0 saturated heterocycles. The van der Waals surface area contributed by atoms with Crippen LogP contribution >= 0.6 is 0 Å². The summed E-state index contributed by atoms with van der Waals surface area (Å²) < 4.78 is 24.7. The van der Waals surface area contributed by atoms with Crippen molar-refractivity contribution in [2.24, 2.45) is 0 Å². The van der Waals surface area contributed by atoms with Gasteiger partial charge in [-0.05, 0) is 20.8 Å². The molecular formula is C9H17N3O2S. The maximum atomic E-state index is 11.5. The highest BCUT2D eigenvalue weighted by Crippen LogP contribution is 2.06. The van der Waals surface area contributed by atoms with E-state index in [9.17, 15) is 8.42 Å². The fourth-order valence-electron chi connectivity index (χ4n) is 1.21. The third-order valence-electron chi connectivity index (χ3n) is 2.31. The van der Waals surface area contributed by atoms with Crippen LogP contribution in [-0.2, 0) is 16.4 Å². The Bertz CT molecular complexity index is 434. The SMILES string of the molecule is Cc1cc(N)nn1CCS(=O)(=O)C(C)C. The van der Waals surface area contributed by atoms with Crippen LogP contribution in [0.1, 0.15) is 19.5 Å². The Morgan fingerprint density at radius 3 is 2.53 bits per heavy atom. The first-order valence-corrected chi connectivity index (χ1v) is 6.56. The van der Waals surface area contributed by atoms with Crippen LogP contribution in [0.3, 0.4) is 0 Å². The number of aryl methyl sites for hydroxylation is 2. The first-order chi connectivity index (χ1) is 6.83. The second-order valence-electron chi connectivity index (χ2n) is 3.85. The second-order valence-corrected chi connectivity index (χ2v) is 6.53. The summed E-state index contributed by atoms with van der Waals surface area (Å²) in [5.41, 5.74) is 6.38. The normalized spacial score (nSPS) is 12.3. The van der Waals surface area contributed by atoms with Gasteiger partial charge in [-0.15, -0.1) is 0 Å². The Balaban J connectivity index is 2.70. The summed E-state index contributed by atoms with van der Waals surface area (Å²) in [5, 5.41) is 3.66. The summed E-state index contributed by atoms with van der Waals surface area (Å²) >= 11 is 0. The molecule has 0 amide bonds. The minimum atomic E-state index is -3.01. The summed E-state index contributed by atoms with van der Waals surface area (Å²) in [7, 11) is -3.01. The topological polar surface area (TPSA) is 78.0 Å². The molecule has 0 aromatic carbocycles. The Morgan fingerprint density at radius 1 is 1.53 bits per heavy atom. The van der Waals surface area contributed by atoms with Crippen molar-refractivity contribution in [3.8, 4) is 0 Å². The van der Waals surface area contributed by atoms with Crippen LogP contribution < -0.4 is 5.73 Å². The van der Waals surface area contributed by atoms with E-state index in [0.717, 1.165) is 5.69 Å². The number of hydrogen-bond acceptors (Lipinski definition) is 4. The lowest BCUT2D eigenvalue weighted by atomic mass is 10.5. The first kappa shape index (κ1) is 12.0. The number of aromatic nitrogens is 2. The molecule has 1 aromatic rings. The molecule has 2 N–H and O–H groups in total. The lowest BCUT2D eigenvalue weighted by molar-refractivity contribution is 0.570. The van der Waals surface area contributed by atoms with Crippen molar-refractivity contribution < 1.29 is 8.42 Å². The molecule has 0 bridgehead atoms. The fourth-order valence-corrected chi connectivity index (χ4v) is 2.11. The van der Waals surface area contributed by atoms with Gasteiger partial charge in [-0.1, -0.05) is 0 Å². The van der Waals surface area contributed by atoms with E-state index in [1.54, 1.807) is 24.6 Å². The fraction of sp³-hybridized carbons (Fsp3) is 0.667. The summed E-state index contributed by atoms with van der Waals surface area (Å²) in [4.78, 5) is 0. The third kappa shape index (κ3) is 2.95. The first-order valence-electron chi connectivity index (χ1n) is 4.84. The Hall–Kier alpha value is -1.04. The van der Waals surface area contributed by atoms with Crippen molar-refractivity contribution in [2.45, 2.75) is 32.6 Å². The Morgan fingerprint density at radius 2 is 2.13 bits per heavy atom. The van der Waals surface area contributed by atoms with Gasteiger partial charge in [0.25, 0.3) is 0 Å². The van der Waals surface area contributed by atoms with Crippen LogP contribution in [0.2, 0.25) is 0 Å². The molecule has 1 rings (SSSR count). The van der Waals surface area contributed by atoms with Gasteiger partial charge in [-0.25, -0.2) is 8.42 Å². The molecule has 0 radical (unpaired) electrons. The van der Waals surface area contributed by atoms with Gasteiger partial charge in [-0.3, -0.25) is 4.68 Å². The van der Waals surface area contributed by atoms with E-state index in [0.29, 0.717) is 12.4 Å². The molecule has 0 aliphatic carbocycles. The van der Waals surface area contributed by atoms with E-state index in [1.807, 2.05) is 6.92 Å². The van der Waals surface area contributed by atoms with Gasteiger partial charge < -0.3 is 5.73 Å². The van der Waals surface area contributed by atoms with E-state index in [-0.39, 0.29) is 11.0 Å². The zero-order valence-electron chi connectivity index (χ0n) is 9.27. The van der Waals surface area contributed by atoms with Crippen LogP contribution in [0.5, 0.6) is 0 Å². The predicted molar refractivity (Wildman–Crippen MR) is 60.3 cm³/mol. The Kier molecular flexibility index (Phi) is 3.38. The van der Waals surface area contributed by atoms with E-state index in [1.165, 1.54) is 0 Å². The number of rotatable bonds is 4. The summed E-state index contributed by atoms with van der Waals surface area (Å²) in [5.74, 6) is 0.529. The maximum absolute atomic E-state index is 11.5. The maximum Gasteiger partial charge on any atom is 0.154 e. The largest absolute Gasteiger partial charge is 0.382 e. The molecule has 0 saturated carbocycles. The summed E-state index contributed by atoms with van der Waals surface area (Å²) in [6.07, 6.45) is 0. The summed E-state index contributed by atoms with van der Waals surface area (Å²) in [6.45, 7) is 5.58. The molecule has 1 heterocycles. The van der Waals surface area contributed by atoms with Gasteiger partial charge in [0.05, 0.1) is 17.5 Å². The van der Waals surface area contributed by atoms with Crippen LogP contribution in [0.4, 0.5) is 5.82 Å². The van der Waals surface area contributed by atoms with Gasteiger partial charge >= 0.3 is 0 Å². The van der Waals surface area contributed by atoms with E-state index >= 15 is 0 Å². The van der Waals surface area contributed by atoms with Gasteiger partial charge in [0.1, 0.15) is 5.82 Å². The van der Waals surface area contributed by atoms with Crippen LogP contribution in [0.15, 0.2) is 6.07 Å². The van der Waals surface area contributed by atoms with Gasteiger partial charge in [0, 0.05) is 11.8 Å². The monoisotopic (exact) mass is 231 g/mol. The average Bonchev–Trinajstić information content (AvgIpc) is 2.41. The lowest BCUT2D eigenvalue weighted by Crippen LogP contribution is -2.22. The molecule has 86 valence electrons. The highest BCUT2D eigenvalue weighted by molar-refractivity contribution is 7.91. The molecule has 0 spiro atoms. The van der Waals surface area contributed by atoms with Crippen molar-refractivity contribution in [3.63, 3.8) is 0 Å². The smallest absolute Gasteiger partial charge is 0.154 e. The molecule has 1 aromatic heterocycles. The van der Waals surface area contributed by atoms with Crippen LogP contribution in [0.25, 0.3) is 0 Å². The molecule has 0 fully saturated rings. The zero-order chi connectivity index (χ0) is 11.6. The van der Waals surface area contributed by atoms with Gasteiger partial charge in [0.15, 0.2) is 9.84 Å². The minimum absolute atomic E-state index is 0.104. The highest BCUT2D eigenvalue weighted by Gasteiger charge is 2.16. The molecule has 0 atom stereocenters. The minimum Gasteiger partial charge on any atom is -0.382 e. The molecule has 0 aliphatic heterocycles. The van der Waals surface area contributed by atoms with E-state index in [2.05, 4.69) is 5.10 Å². The highest BCUT2D eigenvalue weighted by atomic mass is 32.2. The van der Waals surface area contributed by atoms with Crippen molar-refractivity contribution in [1.82, 2.24) is 9.78 Å². The molecule has 0 aliphatic rings. The van der Waals surface area contributed by atoms with Crippen molar-refractivity contribution >= 4 is 15.7 Å². The van der Waals surface area contributed by atoms with Gasteiger partial charge in [-0.2, -0.15) is 5.10 Å². The number of anilines is 1. The zero-order valence-corrected chi connectivity index (χ0v) is 10.1. The number of hydrogen-bond donors (Lipinski definition) is 1. The summed E-state index contributed by atoms with van der Waals surface area (Å²) in [6, 6.07) is 1.72. The molecular weight excluding hydrogens is 214 g/mol. The number of nitrogens with two attached hydrogens (primary N) is 1. The average molecular weight is 231 g/mol. The van der Waals surface area contributed by atoms with Crippen LogP contribution in [0, 0.1) is 6.92 Å². The van der Waals surface area contributed by atoms with Gasteiger partial charge in [0.2, 0.25) is 0 Å². The third-order valence-corrected chi connectivity index (χ3v) is 4.49. The lowest BCUT2D eigenvalue weighted by Gasteiger charge is -2.08. The van der Waals surface area contributed by atoms with Crippen molar-refractivity contribution in [2.75, 3.05) is 11.5 Å².